The summed E-state index contributed by atoms with van der Waals surface area (Å²) < 4.78 is 24.6. The first-order valence-corrected chi connectivity index (χ1v) is 12.7. The summed E-state index contributed by atoms with van der Waals surface area (Å²) in [4.78, 5) is 61.6. The lowest BCUT2D eigenvalue weighted by atomic mass is 9.78. The number of hydrogen-bond donors (Lipinski definition) is 3. The lowest BCUT2D eigenvalue weighted by molar-refractivity contribution is -0.165. The van der Waals surface area contributed by atoms with Crippen LogP contribution >= 0.6 is 0 Å². The van der Waals surface area contributed by atoms with Crippen molar-refractivity contribution in [1.29, 1.82) is 0 Å². The zero-order valence-electron chi connectivity index (χ0n) is 22.7. The number of benzene rings is 3. The minimum atomic E-state index is -2.59. The zero-order chi connectivity index (χ0) is 31.1. The SMILES string of the molecule is COC(=O)Nc1cccc(COc2ccc(C(=O)CC(CCn3nnc4ccc(F)cc4c3=O)(C(=O)O)C(=O)O)cc2)c1. The van der Waals surface area contributed by atoms with E-state index in [1.54, 1.807) is 24.3 Å². The van der Waals surface area contributed by atoms with Gasteiger partial charge in [0.15, 0.2) is 11.2 Å². The number of carbonyl (C=O) groups excluding carboxylic acids is 2. The van der Waals surface area contributed by atoms with Crippen LogP contribution in [-0.4, -0.2) is 56.1 Å². The van der Waals surface area contributed by atoms with Gasteiger partial charge in [-0.3, -0.25) is 24.5 Å². The van der Waals surface area contributed by atoms with Crippen molar-refractivity contribution in [3.8, 4) is 5.75 Å². The van der Waals surface area contributed by atoms with E-state index in [0.29, 0.717) is 11.4 Å². The van der Waals surface area contributed by atoms with Crippen molar-refractivity contribution in [2.75, 3.05) is 12.4 Å². The molecule has 222 valence electrons. The van der Waals surface area contributed by atoms with E-state index in [4.69, 9.17) is 4.74 Å². The number of anilines is 1. The lowest BCUT2D eigenvalue weighted by Gasteiger charge is -2.24. The van der Waals surface area contributed by atoms with Gasteiger partial charge in [-0.2, -0.15) is 0 Å². The highest BCUT2D eigenvalue weighted by atomic mass is 19.1. The molecule has 0 atom stereocenters. The Kier molecular flexibility index (Phi) is 9.08. The van der Waals surface area contributed by atoms with Crippen LogP contribution in [0.2, 0.25) is 0 Å². The maximum absolute atomic E-state index is 13.6. The molecule has 0 saturated heterocycles. The third-order valence-corrected chi connectivity index (χ3v) is 6.66. The van der Waals surface area contributed by atoms with Gasteiger partial charge in [-0.15, -0.1) is 5.10 Å². The molecular formula is C29H25FN4O9. The number of methoxy groups -OCH3 is 1. The minimum absolute atomic E-state index is 0.0432. The number of hydrogen-bond acceptors (Lipinski definition) is 9. The second-order valence-electron chi connectivity index (χ2n) is 9.45. The summed E-state index contributed by atoms with van der Waals surface area (Å²) in [6.45, 7) is -0.387. The van der Waals surface area contributed by atoms with Crippen LogP contribution in [0.15, 0.2) is 71.5 Å². The molecule has 0 aliphatic carbocycles. The predicted octanol–water partition coefficient (Wildman–Crippen LogP) is 3.51. The molecule has 14 heteroatoms. The molecular weight excluding hydrogens is 567 g/mol. The first-order valence-electron chi connectivity index (χ1n) is 12.7. The number of ether oxygens (including phenoxy) is 2. The number of ketones is 1. The first kappa shape index (κ1) is 30.3. The molecule has 43 heavy (non-hydrogen) atoms. The Morgan fingerprint density at radius 1 is 1.00 bits per heavy atom. The second-order valence-corrected chi connectivity index (χ2v) is 9.45. The molecule has 1 amide bonds. The number of carbonyl (C=O) groups is 4. The fourth-order valence-electron chi connectivity index (χ4n) is 4.22. The summed E-state index contributed by atoms with van der Waals surface area (Å²) in [5.74, 6) is -4.64. The van der Waals surface area contributed by atoms with Gasteiger partial charge in [0, 0.05) is 24.2 Å². The van der Waals surface area contributed by atoms with E-state index in [0.717, 1.165) is 22.4 Å². The van der Waals surface area contributed by atoms with Gasteiger partial charge in [-0.05, 0) is 66.6 Å². The van der Waals surface area contributed by atoms with Crippen LogP contribution in [0, 0.1) is 11.2 Å². The molecule has 1 heterocycles. The van der Waals surface area contributed by atoms with Gasteiger partial charge in [0.05, 0.1) is 12.5 Å². The van der Waals surface area contributed by atoms with E-state index >= 15 is 0 Å². The standard InChI is InChI=1S/C29H25FN4O9/c1-42-28(41)31-20-4-2-3-17(13-20)16-43-21-8-5-18(6-9-21)24(35)15-29(26(37)38,27(39)40)11-12-34-25(36)22-14-19(30)7-10-23(22)32-33-34/h2-10,13-14H,11-12,15-16H2,1H3,(H,31,41)(H,37,38)(H,39,40). The Balaban J connectivity index is 1.45. The summed E-state index contributed by atoms with van der Waals surface area (Å²) in [7, 11) is 1.24. The van der Waals surface area contributed by atoms with Crippen molar-refractivity contribution >= 4 is 40.4 Å². The lowest BCUT2D eigenvalue weighted by Crippen LogP contribution is -2.43. The average Bonchev–Trinajstić information content (AvgIpc) is 2.99. The largest absolute Gasteiger partial charge is 0.489 e. The van der Waals surface area contributed by atoms with Crippen molar-refractivity contribution in [2.24, 2.45) is 5.41 Å². The van der Waals surface area contributed by atoms with E-state index < -0.39 is 60.0 Å². The fourth-order valence-corrected chi connectivity index (χ4v) is 4.22. The fraction of sp³-hybridized carbons (Fsp3) is 0.207. The van der Waals surface area contributed by atoms with Gasteiger partial charge >= 0.3 is 18.0 Å². The van der Waals surface area contributed by atoms with Crippen molar-refractivity contribution in [2.45, 2.75) is 26.0 Å². The molecule has 3 aromatic carbocycles. The van der Waals surface area contributed by atoms with Crippen LogP contribution in [0.4, 0.5) is 14.9 Å². The number of carboxylic acids is 2. The number of fused-ring (bicyclic) bond motifs is 1. The zero-order valence-corrected chi connectivity index (χ0v) is 22.7. The van der Waals surface area contributed by atoms with Crippen LogP contribution in [0.3, 0.4) is 0 Å². The number of amides is 1. The Morgan fingerprint density at radius 3 is 2.40 bits per heavy atom. The highest BCUT2D eigenvalue weighted by Gasteiger charge is 2.48. The van der Waals surface area contributed by atoms with E-state index in [1.165, 1.54) is 37.4 Å². The molecule has 3 N–H and O–H groups in total. The minimum Gasteiger partial charge on any atom is -0.489 e. The number of carboxylic acid groups (broad SMARTS) is 2. The van der Waals surface area contributed by atoms with Crippen LogP contribution in [0.5, 0.6) is 5.75 Å². The van der Waals surface area contributed by atoms with E-state index in [2.05, 4.69) is 20.4 Å². The Bertz CT molecular complexity index is 1740. The Labute approximate surface area is 242 Å². The first-order chi connectivity index (χ1) is 20.5. The van der Waals surface area contributed by atoms with Gasteiger partial charge in [0.2, 0.25) is 0 Å². The maximum Gasteiger partial charge on any atom is 0.411 e. The number of halogens is 1. The van der Waals surface area contributed by atoms with E-state index in [9.17, 15) is 38.6 Å². The number of aromatic nitrogens is 3. The highest BCUT2D eigenvalue weighted by Crippen LogP contribution is 2.31. The number of Topliss-reactive ketones (excluding diaryl/α,β-unsaturated/α-hetero) is 1. The van der Waals surface area contributed by atoms with Crippen LogP contribution in [0.1, 0.15) is 28.8 Å². The monoisotopic (exact) mass is 592 g/mol. The molecule has 0 fully saturated rings. The molecule has 4 rings (SSSR count). The molecule has 0 radical (unpaired) electrons. The molecule has 0 aliphatic rings. The van der Waals surface area contributed by atoms with Crippen LogP contribution in [0.25, 0.3) is 10.9 Å². The summed E-state index contributed by atoms with van der Waals surface area (Å²) in [5, 5.41) is 29.7. The average molecular weight is 593 g/mol. The molecule has 0 unspecified atom stereocenters. The summed E-state index contributed by atoms with van der Waals surface area (Å²) in [6, 6.07) is 15.8. The number of aryl methyl sites for hydroxylation is 1. The van der Waals surface area contributed by atoms with Crippen molar-refractivity contribution in [3.05, 3.63) is 94.0 Å². The Morgan fingerprint density at radius 2 is 1.72 bits per heavy atom. The molecule has 13 nitrogen and oxygen atoms in total. The van der Waals surface area contributed by atoms with E-state index in [1.807, 2.05) is 0 Å². The summed E-state index contributed by atoms with van der Waals surface area (Å²) >= 11 is 0. The third kappa shape index (κ3) is 6.98. The van der Waals surface area contributed by atoms with Crippen molar-refractivity contribution < 1.29 is 43.3 Å². The van der Waals surface area contributed by atoms with Crippen LogP contribution in [-0.2, 0) is 27.5 Å². The Hall–Kier alpha value is -5.66. The number of aliphatic carboxylic acids is 2. The van der Waals surface area contributed by atoms with Gasteiger partial charge in [0.1, 0.15) is 23.7 Å². The third-order valence-electron chi connectivity index (χ3n) is 6.66. The second kappa shape index (κ2) is 12.9. The van der Waals surface area contributed by atoms with Gasteiger partial charge in [-0.1, -0.05) is 17.3 Å². The summed E-state index contributed by atoms with van der Waals surface area (Å²) in [6.07, 6.45) is -2.22. The quantitative estimate of drug-likeness (QED) is 0.161. The molecule has 0 aliphatic heterocycles. The molecule has 0 bridgehead atoms. The van der Waals surface area contributed by atoms with Crippen molar-refractivity contribution in [3.63, 3.8) is 0 Å². The van der Waals surface area contributed by atoms with Gasteiger partial charge in [-0.25, -0.2) is 13.9 Å². The normalized spacial score (nSPS) is 11.1. The summed E-state index contributed by atoms with van der Waals surface area (Å²) in [5.41, 5.74) is -2.00. The number of nitrogens with zero attached hydrogens (tertiary/aromatic N) is 3. The van der Waals surface area contributed by atoms with Crippen molar-refractivity contribution in [1.82, 2.24) is 15.0 Å². The molecule has 0 spiro atoms. The van der Waals surface area contributed by atoms with Gasteiger partial charge < -0.3 is 19.7 Å². The maximum atomic E-state index is 13.6. The highest BCUT2D eigenvalue weighted by molar-refractivity contribution is 6.06. The van der Waals surface area contributed by atoms with Crippen LogP contribution < -0.4 is 15.6 Å². The smallest absolute Gasteiger partial charge is 0.411 e. The topological polar surface area (TPSA) is 187 Å². The van der Waals surface area contributed by atoms with E-state index in [-0.39, 0.29) is 23.1 Å². The predicted molar refractivity (Wildman–Crippen MR) is 148 cm³/mol. The molecule has 1 aromatic heterocycles. The molecule has 0 saturated carbocycles. The molecule has 4 aromatic rings. The van der Waals surface area contributed by atoms with Gasteiger partial charge in [0.25, 0.3) is 5.56 Å². The number of nitrogens with one attached hydrogen (secondary N) is 1. The number of rotatable bonds is 12.